The lowest BCUT2D eigenvalue weighted by Gasteiger charge is -2.05. The van der Waals surface area contributed by atoms with Gasteiger partial charge < -0.3 is 10.7 Å². The van der Waals surface area contributed by atoms with Gasteiger partial charge >= 0.3 is 0 Å². The average Bonchev–Trinajstić information content (AvgIpc) is 2.73. The van der Waals surface area contributed by atoms with Gasteiger partial charge in [0.15, 0.2) is 0 Å². The highest BCUT2D eigenvalue weighted by atomic mass is 79.9. The van der Waals surface area contributed by atoms with Gasteiger partial charge in [-0.2, -0.15) is 0 Å². The van der Waals surface area contributed by atoms with Crippen LogP contribution in [0.25, 0.3) is 11.3 Å². The molecule has 0 aliphatic heterocycles. The van der Waals surface area contributed by atoms with Crippen LogP contribution in [0.15, 0.2) is 28.7 Å². The molecule has 1 aromatic heterocycles. The third-order valence-corrected chi connectivity index (χ3v) is 3.50. The number of hydrogen-bond acceptors (Lipinski definition) is 2. The van der Waals surface area contributed by atoms with Crippen LogP contribution in [0.3, 0.4) is 0 Å². The number of aromatic nitrogens is 2. The minimum absolute atomic E-state index is 0.00195. The van der Waals surface area contributed by atoms with E-state index in [1.54, 1.807) is 0 Å². The van der Waals surface area contributed by atoms with Crippen molar-refractivity contribution in [3.8, 4) is 11.3 Å². The van der Waals surface area contributed by atoms with Crippen LogP contribution in [-0.4, -0.2) is 9.97 Å². The molecule has 0 spiro atoms. The first-order chi connectivity index (χ1) is 8.61. The Morgan fingerprint density at radius 3 is 2.61 bits per heavy atom. The topological polar surface area (TPSA) is 54.7 Å². The Balaban J connectivity index is 2.31. The second-order valence-corrected chi connectivity index (χ2v) is 5.41. The maximum absolute atomic E-state index is 6.09. The van der Waals surface area contributed by atoms with Crippen molar-refractivity contribution < 1.29 is 0 Å². The number of halogens is 1. The molecule has 96 valence electrons. The van der Waals surface area contributed by atoms with Crippen LogP contribution >= 0.6 is 15.9 Å². The molecule has 2 aromatic rings. The van der Waals surface area contributed by atoms with Crippen LogP contribution in [0.2, 0.25) is 0 Å². The van der Waals surface area contributed by atoms with Gasteiger partial charge in [0.25, 0.3) is 0 Å². The monoisotopic (exact) mass is 307 g/mol. The summed E-state index contributed by atoms with van der Waals surface area (Å²) in [4.78, 5) is 7.93. The van der Waals surface area contributed by atoms with Gasteiger partial charge in [-0.15, -0.1) is 0 Å². The van der Waals surface area contributed by atoms with E-state index in [2.05, 4.69) is 45.0 Å². The van der Waals surface area contributed by atoms with E-state index in [0.717, 1.165) is 40.1 Å². The Morgan fingerprint density at radius 1 is 1.33 bits per heavy atom. The van der Waals surface area contributed by atoms with Crippen molar-refractivity contribution in [1.82, 2.24) is 9.97 Å². The summed E-state index contributed by atoms with van der Waals surface area (Å²) in [6, 6.07) is 8.16. The second kappa shape index (κ2) is 5.67. The van der Waals surface area contributed by atoms with Crippen LogP contribution in [0, 0.1) is 6.92 Å². The molecule has 3 N–H and O–H groups in total. The van der Waals surface area contributed by atoms with Crippen molar-refractivity contribution in [2.75, 3.05) is 0 Å². The number of aromatic amines is 1. The molecule has 1 heterocycles. The molecule has 1 unspecified atom stereocenters. The van der Waals surface area contributed by atoms with Crippen molar-refractivity contribution in [2.24, 2.45) is 5.73 Å². The SMILES string of the molecule is CCCC(N)c1nc(-c2ccc(Br)cc2)c(C)[nH]1. The molecule has 0 bridgehead atoms. The fourth-order valence-corrected chi connectivity index (χ4v) is 2.26. The van der Waals surface area contributed by atoms with Gasteiger partial charge in [-0.25, -0.2) is 4.98 Å². The second-order valence-electron chi connectivity index (χ2n) is 4.50. The van der Waals surface area contributed by atoms with Gasteiger partial charge in [0.2, 0.25) is 0 Å². The third kappa shape index (κ3) is 2.82. The summed E-state index contributed by atoms with van der Waals surface area (Å²) in [5, 5.41) is 0. The summed E-state index contributed by atoms with van der Waals surface area (Å²) in [5.41, 5.74) is 9.26. The standard InChI is InChI=1S/C14H18BrN3/c1-3-4-12(16)14-17-9(2)13(18-14)10-5-7-11(15)8-6-10/h5-8,12H,3-4,16H2,1-2H3,(H,17,18). The zero-order valence-corrected chi connectivity index (χ0v) is 12.3. The van der Waals surface area contributed by atoms with E-state index in [-0.39, 0.29) is 6.04 Å². The summed E-state index contributed by atoms with van der Waals surface area (Å²) in [6.45, 7) is 4.16. The molecule has 18 heavy (non-hydrogen) atoms. The van der Waals surface area contributed by atoms with Crippen molar-refractivity contribution in [1.29, 1.82) is 0 Å². The number of hydrogen-bond donors (Lipinski definition) is 2. The number of benzene rings is 1. The van der Waals surface area contributed by atoms with E-state index in [9.17, 15) is 0 Å². The molecule has 0 saturated heterocycles. The molecular weight excluding hydrogens is 290 g/mol. The highest BCUT2D eigenvalue weighted by molar-refractivity contribution is 9.10. The van der Waals surface area contributed by atoms with Gasteiger partial charge in [-0.1, -0.05) is 41.4 Å². The van der Waals surface area contributed by atoms with Crippen LogP contribution in [0.5, 0.6) is 0 Å². The number of aryl methyl sites for hydroxylation is 1. The normalized spacial score (nSPS) is 12.7. The maximum Gasteiger partial charge on any atom is 0.123 e. The molecule has 0 fully saturated rings. The summed E-state index contributed by atoms with van der Waals surface area (Å²) >= 11 is 3.44. The van der Waals surface area contributed by atoms with Crippen molar-refractivity contribution >= 4 is 15.9 Å². The lowest BCUT2D eigenvalue weighted by atomic mass is 10.1. The van der Waals surface area contributed by atoms with Crippen molar-refractivity contribution in [2.45, 2.75) is 32.7 Å². The number of nitrogens with zero attached hydrogens (tertiary/aromatic N) is 1. The van der Waals surface area contributed by atoms with Gasteiger partial charge in [0.05, 0.1) is 11.7 Å². The van der Waals surface area contributed by atoms with Crippen molar-refractivity contribution in [3.05, 3.63) is 40.3 Å². The van der Waals surface area contributed by atoms with E-state index < -0.39 is 0 Å². The molecule has 0 amide bonds. The Morgan fingerprint density at radius 2 is 2.00 bits per heavy atom. The molecule has 3 nitrogen and oxygen atoms in total. The van der Waals surface area contributed by atoms with Gasteiger partial charge in [0.1, 0.15) is 5.82 Å². The fourth-order valence-electron chi connectivity index (χ4n) is 2.00. The van der Waals surface area contributed by atoms with Gasteiger partial charge in [-0.05, 0) is 25.5 Å². The van der Waals surface area contributed by atoms with E-state index in [0.29, 0.717) is 0 Å². The zero-order valence-electron chi connectivity index (χ0n) is 10.7. The zero-order chi connectivity index (χ0) is 13.1. The van der Waals surface area contributed by atoms with E-state index in [1.807, 2.05) is 19.1 Å². The molecule has 0 saturated carbocycles. The van der Waals surface area contributed by atoms with Crippen LogP contribution < -0.4 is 5.73 Å². The first-order valence-corrected chi connectivity index (χ1v) is 6.99. The van der Waals surface area contributed by atoms with Crippen LogP contribution in [0.4, 0.5) is 0 Å². The molecule has 1 aromatic carbocycles. The minimum Gasteiger partial charge on any atom is -0.344 e. The lowest BCUT2D eigenvalue weighted by Crippen LogP contribution is -2.11. The highest BCUT2D eigenvalue weighted by Crippen LogP contribution is 2.25. The first-order valence-electron chi connectivity index (χ1n) is 6.19. The number of imidazole rings is 1. The molecule has 0 aliphatic rings. The summed E-state index contributed by atoms with van der Waals surface area (Å²) in [6.07, 6.45) is 2.02. The minimum atomic E-state index is -0.00195. The average molecular weight is 308 g/mol. The predicted molar refractivity (Wildman–Crippen MR) is 78.3 cm³/mol. The van der Waals surface area contributed by atoms with Gasteiger partial charge in [0, 0.05) is 15.7 Å². The molecule has 2 rings (SSSR count). The Hall–Kier alpha value is -1.13. The Labute approximate surface area is 116 Å². The molecular formula is C14H18BrN3. The summed E-state index contributed by atoms with van der Waals surface area (Å²) in [7, 11) is 0. The van der Waals surface area contributed by atoms with E-state index in [1.165, 1.54) is 0 Å². The molecule has 1 atom stereocenters. The third-order valence-electron chi connectivity index (χ3n) is 2.97. The number of nitrogens with one attached hydrogen (secondary N) is 1. The molecule has 0 aliphatic carbocycles. The van der Waals surface area contributed by atoms with E-state index >= 15 is 0 Å². The number of H-pyrrole nitrogens is 1. The maximum atomic E-state index is 6.09. The molecule has 0 radical (unpaired) electrons. The first kappa shape index (κ1) is 13.3. The summed E-state index contributed by atoms with van der Waals surface area (Å²) < 4.78 is 1.07. The fraction of sp³-hybridized carbons (Fsp3) is 0.357. The van der Waals surface area contributed by atoms with Crippen LogP contribution in [-0.2, 0) is 0 Å². The number of rotatable bonds is 4. The van der Waals surface area contributed by atoms with E-state index in [4.69, 9.17) is 5.73 Å². The Bertz CT molecular complexity index is 516. The largest absolute Gasteiger partial charge is 0.344 e. The smallest absolute Gasteiger partial charge is 0.123 e. The quantitative estimate of drug-likeness (QED) is 0.898. The van der Waals surface area contributed by atoms with Gasteiger partial charge in [-0.3, -0.25) is 0 Å². The highest BCUT2D eigenvalue weighted by Gasteiger charge is 2.13. The predicted octanol–water partition coefficient (Wildman–Crippen LogP) is 3.95. The van der Waals surface area contributed by atoms with Crippen LogP contribution in [0.1, 0.15) is 37.3 Å². The Kier molecular flexibility index (Phi) is 4.19. The summed E-state index contributed by atoms with van der Waals surface area (Å²) in [5.74, 6) is 0.882. The number of nitrogens with two attached hydrogens (primary N) is 1. The lowest BCUT2D eigenvalue weighted by molar-refractivity contribution is 0.608. The molecule has 4 heteroatoms. The van der Waals surface area contributed by atoms with Crippen molar-refractivity contribution in [3.63, 3.8) is 0 Å².